The third-order valence-electron chi connectivity index (χ3n) is 4.40. The van der Waals surface area contributed by atoms with Crippen LogP contribution in [0.5, 0.6) is 0 Å². The van der Waals surface area contributed by atoms with Crippen LogP contribution in [0.1, 0.15) is 56.4 Å². The van der Waals surface area contributed by atoms with Crippen molar-refractivity contribution < 1.29 is 5.11 Å². The summed E-state index contributed by atoms with van der Waals surface area (Å²) in [6, 6.07) is 4.64. The summed E-state index contributed by atoms with van der Waals surface area (Å²) < 4.78 is 0. The van der Waals surface area contributed by atoms with Gasteiger partial charge in [0.15, 0.2) is 0 Å². The lowest BCUT2D eigenvalue weighted by molar-refractivity contribution is 0.295. The van der Waals surface area contributed by atoms with Crippen LogP contribution in [0.25, 0.3) is 0 Å². The number of fused-ring (bicyclic) bond motifs is 1. The maximum Gasteiger partial charge on any atom is 0.147 e. The Kier molecular flexibility index (Phi) is 5.58. The summed E-state index contributed by atoms with van der Waals surface area (Å²) in [5, 5.41) is 18.9. The van der Waals surface area contributed by atoms with E-state index in [9.17, 15) is 10.4 Å². The fourth-order valence-corrected chi connectivity index (χ4v) is 3.22. The lowest BCUT2D eigenvalue weighted by Crippen LogP contribution is -2.38. The molecule has 21 heavy (non-hydrogen) atoms. The van der Waals surface area contributed by atoms with Crippen molar-refractivity contribution in [3.05, 3.63) is 22.9 Å². The highest BCUT2D eigenvalue weighted by Gasteiger charge is 2.22. The third-order valence-corrected chi connectivity index (χ3v) is 4.40. The van der Waals surface area contributed by atoms with Crippen LogP contribution < -0.4 is 4.90 Å². The molecule has 1 aromatic rings. The minimum absolute atomic E-state index is 0.0835. The molecule has 0 unspecified atom stereocenters. The molecule has 1 aromatic heterocycles. The second-order valence-corrected chi connectivity index (χ2v) is 5.67. The van der Waals surface area contributed by atoms with Gasteiger partial charge >= 0.3 is 0 Å². The molecule has 0 radical (unpaired) electrons. The summed E-state index contributed by atoms with van der Waals surface area (Å²) in [4.78, 5) is 6.93. The Hall–Kier alpha value is -1.60. The maximum atomic E-state index is 9.49. The maximum absolute atomic E-state index is 9.49. The van der Waals surface area contributed by atoms with Crippen LogP contribution in [0.15, 0.2) is 6.07 Å². The van der Waals surface area contributed by atoms with Gasteiger partial charge in [0.2, 0.25) is 0 Å². The molecule has 0 spiro atoms. The molecular weight excluding hydrogens is 262 g/mol. The highest BCUT2D eigenvalue weighted by Crippen LogP contribution is 2.28. The van der Waals surface area contributed by atoms with Crippen molar-refractivity contribution in [2.45, 2.75) is 58.4 Å². The Morgan fingerprint density at radius 1 is 1.33 bits per heavy atom. The van der Waals surface area contributed by atoms with Gasteiger partial charge in [0.05, 0.1) is 12.2 Å². The molecule has 0 bridgehead atoms. The number of aromatic nitrogens is 1. The zero-order chi connectivity index (χ0) is 15.2. The summed E-state index contributed by atoms with van der Waals surface area (Å²) in [5.41, 5.74) is 3.02. The van der Waals surface area contributed by atoms with E-state index < -0.39 is 0 Å². The van der Waals surface area contributed by atoms with Crippen molar-refractivity contribution in [1.29, 1.82) is 5.26 Å². The van der Waals surface area contributed by atoms with E-state index in [1.54, 1.807) is 0 Å². The quantitative estimate of drug-likeness (QED) is 0.874. The first-order valence-corrected chi connectivity index (χ1v) is 8.05. The first kappa shape index (κ1) is 15.8. The van der Waals surface area contributed by atoms with E-state index in [4.69, 9.17) is 4.98 Å². The Morgan fingerprint density at radius 2 is 2.05 bits per heavy atom. The Labute approximate surface area is 127 Å². The van der Waals surface area contributed by atoms with Gasteiger partial charge in [-0.2, -0.15) is 5.26 Å². The van der Waals surface area contributed by atoms with E-state index in [0.717, 1.165) is 37.2 Å². The largest absolute Gasteiger partial charge is 0.395 e. The van der Waals surface area contributed by atoms with E-state index in [0.29, 0.717) is 18.2 Å². The van der Waals surface area contributed by atoms with Crippen molar-refractivity contribution in [1.82, 2.24) is 4.98 Å². The van der Waals surface area contributed by atoms with Crippen LogP contribution in [0, 0.1) is 11.3 Å². The van der Waals surface area contributed by atoms with Crippen LogP contribution in [0.2, 0.25) is 0 Å². The second-order valence-electron chi connectivity index (χ2n) is 5.67. The average molecular weight is 287 g/mol. The van der Waals surface area contributed by atoms with Crippen LogP contribution in [-0.2, 0) is 12.8 Å². The number of nitriles is 1. The molecule has 0 aliphatic heterocycles. The minimum Gasteiger partial charge on any atom is -0.395 e. The van der Waals surface area contributed by atoms with Crippen molar-refractivity contribution in [2.24, 2.45) is 0 Å². The minimum atomic E-state index is 0.0835. The molecule has 0 amide bonds. The number of hydrogen-bond acceptors (Lipinski definition) is 4. The number of anilines is 1. The molecule has 0 saturated carbocycles. The van der Waals surface area contributed by atoms with Crippen LogP contribution >= 0.6 is 0 Å². The molecule has 1 aliphatic carbocycles. The van der Waals surface area contributed by atoms with Gasteiger partial charge < -0.3 is 10.0 Å². The fraction of sp³-hybridized carbons (Fsp3) is 0.647. The highest BCUT2D eigenvalue weighted by atomic mass is 16.3. The van der Waals surface area contributed by atoms with E-state index in [1.807, 2.05) is 6.07 Å². The number of hydrogen-bond donors (Lipinski definition) is 1. The van der Waals surface area contributed by atoms with Crippen LogP contribution in [0.3, 0.4) is 0 Å². The molecule has 0 saturated heterocycles. The van der Waals surface area contributed by atoms with Gasteiger partial charge in [-0.15, -0.1) is 0 Å². The van der Waals surface area contributed by atoms with Gasteiger partial charge in [-0.3, -0.25) is 0 Å². The predicted molar refractivity (Wildman–Crippen MR) is 84.4 cm³/mol. The molecule has 1 heterocycles. The Balaban J connectivity index is 2.45. The summed E-state index contributed by atoms with van der Waals surface area (Å²) in [7, 11) is 0. The fourth-order valence-electron chi connectivity index (χ4n) is 3.22. The number of aliphatic hydroxyl groups excluding tert-OH is 1. The first-order chi connectivity index (χ1) is 10.2. The van der Waals surface area contributed by atoms with Gasteiger partial charge in [0.1, 0.15) is 11.9 Å². The monoisotopic (exact) mass is 287 g/mol. The SMILES string of the molecule is CCC(CC)N(CCO)c1nc2c(cc1C#N)CCCC2. The summed E-state index contributed by atoms with van der Waals surface area (Å²) in [6.07, 6.45) is 6.37. The van der Waals surface area contributed by atoms with Gasteiger partial charge in [0, 0.05) is 18.3 Å². The number of rotatable bonds is 6. The first-order valence-electron chi connectivity index (χ1n) is 8.05. The lowest BCUT2D eigenvalue weighted by Gasteiger charge is -2.32. The van der Waals surface area contributed by atoms with E-state index in [-0.39, 0.29) is 6.61 Å². The molecule has 0 atom stereocenters. The average Bonchev–Trinajstić information content (AvgIpc) is 2.53. The molecule has 4 heteroatoms. The predicted octanol–water partition coefficient (Wildman–Crippen LogP) is 2.82. The Bertz CT molecular complexity index is 518. The number of aliphatic hydroxyl groups is 1. The molecule has 0 aromatic carbocycles. The molecule has 0 fully saturated rings. The standard InChI is InChI=1S/C17H25N3O/c1-3-15(4-2)20(9-10-21)17-14(12-18)11-13-7-5-6-8-16(13)19-17/h11,15,21H,3-10H2,1-2H3. The third kappa shape index (κ3) is 3.36. The molecule has 114 valence electrons. The molecule has 4 nitrogen and oxygen atoms in total. The number of aryl methyl sites for hydroxylation is 2. The number of nitrogens with zero attached hydrogens (tertiary/aromatic N) is 3. The summed E-state index contributed by atoms with van der Waals surface area (Å²) >= 11 is 0. The van der Waals surface area contributed by atoms with Crippen LogP contribution in [0.4, 0.5) is 5.82 Å². The number of pyridine rings is 1. The van der Waals surface area contributed by atoms with Gasteiger partial charge in [-0.1, -0.05) is 13.8 Å². The molecule has 2 rings (SSSR count). The summed E-state index contributed by atoms with van der Waals surface area (Å²) in [5.74, 6) is 0.765. The van der Waals surface area contributed by atoms with E-state index in [1.165, 1.54) is 18.4 Å². The van der Waals surface area contributed by atoms with Gasteiger partial charge in [-0.05, 0) is 50.2 Å². The Morgan fingerprint density at radius 3 is 2.67 bits per heavy atom. The topological polar surface area (TPSA) is 60.1 Å². The highest BCUT2D eigenvalue weighted by molar-refractivity contribution is 5.57. The van der Waals surface area contributed by atoms with Crippen LogP contribution in [-0.4, -0.2) is 29.3 Å². The lowest BCUT2D eigenvalue weighted by atomic mass is 9.94. The normalized spacial score (nSPS) is 13.9. The van der Waals surface area contributed by atoms with Crippen molar-refractivity contribution in [2.75, 3.05) is 18.1 Å². The zero-order valence-corrected chi connectivity index (χ0v) is 13.1. The van der Waals surface area contributed by atoms with Crippen molar-refractivity contribution in [3.63, 3.8) is 0 Å². The van der Waals surface area contributed by atoms with Crippen molar-refractivity contribution >= 4 is 5.82 Å². The van der Waals surface area contributed by atoms with E-state index in [2.05, 4.69) is 24.8 Å². The smallest absolute Gasteiger partial charge is 0.147 e. The van der Waals surface area contributed by atoms with E-state index >= 15 is 0 Å². The molecule has 1 aliphatic rings. The van der Waals surface area contributed by atoms with Gasteiger partial charge in [0.25, 0.3) is 0 Å². The van der Waals surface area contributed by atoms with Crippen molar-refractivity contribution in [3.8, 4) is 6.07 Å². The molecule has 1 N–H and O–H groups in total. The molecular formula is C17H25N3O. The summed E-state index contributed by atoms with van der Waals surface area (Å²) in [6.45, 7) is 4.90. The zero-order valence-electron chi connectivity index (χ0n) is 13.1. The van der Waals surface area contributed by atoms with Gasteiger partial charge in [-0.25, -0.2) is 4.98 Å². The second kappa shape index (κ2) is 7.42.